The number of fused-ring (bicyclic) bond motifs is 1. The molecule has 0 aromatic carbocycles. The van der Waals surface area contributed by atoms with E-state index in [4.69, 9.17) is 0 Å². The molecule has 2 aliphatic rings. The molecule has 2 aromatic heterocycles. The molecule has 2 N–H and O–H groups in total. The van der Waals surface area contributed by atoms with Crippen LogP contribution in [-0.2, 0) is 4.79 Å². The molecule has 0 bridgehead atoms. The molecule has 2 aliphatic heterocycles. The summed E-state index contributed by atoms with van der Waals surface area (Å²) in [6, 6.07) is 5.49. The van der Waals surface area contributed by atoms with Crippen LogP contribution in [-0.4, -0.2) is 25.8 Å². The highest BCUT2D eigenvalue weighted by Gasteiger charge is 2.34. The van der Waals surface area contributed by atoms with Crippen molar-refractivity contribution in [2.75, 3.05) is 5.32 Å². The van der Waals surface area contributed by atoms with Crippen molar-refractivity contribution < 1.29 is 4.79 Å². The van der Waals surface area contributed by atoms with Gasteiger partial charge in [0.05, 0.1) is 5.70 Å². The van der Waals surface area contributed by atoms with Gasteiger partial charge in [0.2, 0.25) is 0 Å². The highest BCUT2D eigenvalue weighted by molar-refractivity contribution is 6.04. The van der Waals surface area contributed by atoms with Crippen LogP contribution in [0.1, 0.15) is 11.7 Å². The quantitative estimate of drug-likeness (QED) is 0.896. The van der Waals surface area contributed by atoms with Crippen molar-refractivity contribution >= 4 is 11.7 Å². The number of hydrogen-bond donors (Lipinski definition) is 2. The first-order valence-corrected chi connectivity index (χ1v) is 7.44. The standard InChI is InChI=1S/C17H14N6O/c24-17(21-14-6-8-19-11-20-14)15-13-5-1-2-9-23(13)16(22-15)12-4-3-7-18-10-12/h1-11,16,22H,(H,19,20,21,24). The number of hydrogen-bond acceptors (Lipinski definition) is 6. The molecular formula is C17H14N6O. The van der Waals surface area contributed by atoms with Gasteiger partial charge < -0.3 is 15.5 Å². The second-order valence-corrected chi connectivity index (χ2v) is 5.25. The van der Waals surface area contributed by atoms with Crippen LogP contribution < -0.4 is 10.6 Å². The Morgan fingerprint density at radius 2 is 2.17 bits per heavy atom. The summed E-state index contributed by atoms with van der Waals surface area (Å²) in [6.45, 7) is 0. The first-order chi connectivity index (χ1) is 11.8. The minimum absolute atomic E-state index is 0.180. The molecular weight excluding hydrogens is 304 g/mol. The monoisotopic (exact) mass is 318 g/mol. The number of carbonyl (C=O) groups excluding carboxylic acids is 1. The maximum absolute atomic E-state index is 12.7. The smallest absolute Gasteiger partial charge is 0.275 e. The number of pyridine rings is 1. The van der Waals surface area contributed by atoms with Crippen LogP contribution in [0, 0.1) is 0 Å². The molecule has 0 radical (unpaired) electrons. The van der Waals surface area contributed by atoms with Gasteiger partial charge in [-0.05, 0) is 24.3 Å². The molecule has 7 nitrogen and oxygen atoms in total. The fourth-order valence-corrected chi connectivity index (χ4v) is 2.68. The highest BCUT2D eigenvalue weighted by Crippen LogP contribution is 2.33. The molecule has 0 saturated heterocycles. The van der Waals surface area contributed by atoms with E-state index in [-0.39, 0.29) is 12.1 Å². The number of nitrogens with one attached hydrogen (secondary N) is 2. The van der Waals surface area contributed by atoms with Crippen molar-refractivity contribution in [3.63, 3.8) is 0 Å². The topological polar surface area (TPSA) is 83.0 Å². The van der Waals surface area contributed by atoms with E-state index in [1.165, 1.54) is 6.33 Å². The number of carbonyl (C=O) groups is 1. The maximum atomic E-state index is 12.7. The Hall–Kier alpha value is -3.48. The van der Waals surface area contributed by atoms with E-state index in [0.717, 1.165) is 11.3 Å². The molecule has 24 heavy (non-hydrogen) atoms. The van der Waals surface area contributed by atoms with Gasteiger partial charge in [-0.2, -0.15) is 0 Å². The van der Waals surface area contributed by atoms with Gasteiger partial charge in [0.15, 0.2) is 0 Å². The summed E-state index contributed by atoms with van der Waals surface area (Å²) in [6.07, 6.45) is 14.0. The van der Waals surface area contributed by atoms with Crippen LogP contribution in [0.2, 0.25) is 0 Å². The zero-order valence-electron chi connectivity index (χ0n) is 12.6. The normalized spacial score (nSPS) is 18.3. The third-order valence-electron chi connectivity index (χ3n) is 3.76. The molecule has 118 valence electrons. The molecule has 1 unspecified atom stereocenters. The molecule has 1 atom stereocenters. The number of allylic oxidation sites excluding steroid dienone is 3. The molecule has 4 heterocycles. The average molecular weight is 318 g/mol. The van der Waals surface area contributed by atoms with Crippen molar-refractivity contribution in [2.24, 2.45) is 0 Å². The summed E-state index contributed by atoms with van der Waals surface area (Å²) in [4.78, 5) is 26.7. The van der Waals surface area contributed by atoms with E-state index in [1.807, 2.05) is 41.5 Å². The Bertz CT molecular complexity index is 844. The van der Waals surface area contributed by atoms with Gasteiger partial charge >= 0.3 is 0 Å². The second-order valence-electron chi connectivity index (χ2n) is 5.25. The molecule has 0 aliphatic carbocycles. The second kappa shape index (κ2) is 5.96. The van der Waals surface area contributed by atoms with Gasteiger partial charge in [-0.1, -0.05) is 12.1 Å². The summed E-state index contributed by atoms with van der Waals surface area (Å²) < 4.78 is 0. The van der Waals surface area contributed by atoms with Crippen LogP contribution in [0.15, 0.2) is 78.9 Å². The van der Waals surface area contributed by atoms with Crippen LogP contribution in [0.3, 0.4) is 0 Å². The molecule has 0 spiro atoms. The zero-order valence-corrected chi connectivity index (χ0v) is 12.6. The van der Waals surface area contributed by atoms with Crippen molar-refractivity contribution in [1.82, 2.24) is 25.2 Å². The minimum atomic E-state index is -0.250. The van der Waals surface area contributed by atoms with Crippen LogP contribution in [0.25, 0.3) is 0 Å². The van der Waals surface area contributed by atoms with Gasteiger partial charge in [0, 0.05) is 30.4 Å². The zero-order chi connectivity index (χ0) is 16.4. The van der Waals surface area contributed by atoms with E-state index in [9.17, 15) is 4.79 Å². The largest absolute Gasteiger partial charge is 0.355 e. The Kier molecular flexibility index (Phi) is 3.51. The third-order valence-corrected chi connectivity index (χ3v) is 3.76. The summed E-state index contributed by atoms with van der Waals surface area (Å²) >= 11 is 0. The van der Waals surface area contributed by atoms with Crippen molar-refractivity contribution in [3.05, 3.63) is 84.5 Å². The Morgan fingerprint density at radius 1 is 1.21 bits per heavy atom. The van der Waals surface area contributed by atoms with E-state index >= 15 is 0 Å². The molecule has 0 fully saturated rings. The molecule has 7 heteroatoms. The van der Waals surface area contributed by atoms with E-state index in [2.05, 4.69) is 25.6 Å². The summed E-state index contributed by atoms with van der Waals surface area (Å²) in [5, 5.41) is 6.06. The van der Waals surface area contributed by atoms with Crippen LogP contribution >= 0.6 is 0 Å². The fraction of sp³-hybridized carbons (Fsp3) is 0.0588. The van der Waals surface area contributed by atoms with Crippen molar-refractivity contribution in [2.45, 2.75) is 6.17 Å². The lowest BCUT2D eigenvalue weighted by molar-refractivity contribution is -0.113. The first kappa shape index (κ1) is 14.1. The predicted octanol–water partition coefficient (Wildman–Crippen LogP) is 1.71. The van der Waals surface area contributed by atoms with Gasteiger partial charge in [0.1, 0.15) is 24.0 Å². The van der Waals surface area contributed by atoms with Crippen molar-refractivity contribution in [3.8, 4) is 0 Å². The lowest BCUT2D eigenvalue weighted by Gasteiger charge is -2.25. The number of amides is 1. The maximum Gasteiger partial charge on any atom is 0.275 e. The van der Waals surface area contributed by atoms with E-state index in [1.54, 1.807) is 24.7 Å². The SMILES string of the molecule is O=C(Nc1ccncn1)C1=C2C=CC=CN2C(c2cccnc2)N1. The average Bonchev–Trinajstić information content (AvgIpc) is 3.03. The lowest BCUT2D eigenvalue weighted by atomic mass is 10.2. The Labute approximate surface area is 138 Å². The summed E-state index contributed by atoms with van der Waals surface area (Å²) in [5.41, 5.74) is 2.26. The number of rotatable bonds is 3. The fourth-order valence-electron chi connectivity index (χ4n) is 2.68. The number of nitrogens with zero attached hydrogens (tertiary/aromatic N) is 4. The predicted molar refractivity (Wildman–Crippen MR) is 87.9 cm³/mol. The van der Waals surface area contributed by atoms with Gasteiger partial charge in [-0.15, -0.1) is 0 Å². The van der Waals surface area contributed by atoms with Crippen molar-refractivity contribution in [1.29, 1.82) is 0 Å². The Balaban J connectivity index is 1.64. The summed E-state index contributed by atoms with van der Waals surface area (Å²) in [5.74, 6) is 0.205. The minimum Gasteiger partial charge on any atom is -0.355 e. The molecule has 1 amide bonds. The lowest BCUT2D eigenvalue weighted by Crippen LogP contribution is -2.28. The first-order valence-electron chi connectivity index (χ1n) is 7.44. The molecule has 4 rings (SSSR count). The highest BCUT2D eigenvalue weighted by atomic mass is 16.2. The molecule has 2 aromatic rings. The number of aromatic nitrogens is 3. The van der Waals surface area contributed by atoms with E-state index in [0.29, 0.717) is 11.5 Å². The van der Waals surface area contributed by atoms with Gasteiger partial charge in [0.25, 0.3) is 5.91 Å². The Morgan fingerprint density at radius 3 is 2.96 bits per heavy atom. The summed E-state index contributed by atoms with van der Waals surface area (Å²) in [7, 11) is 0. The number of anilines is 1. The third kappa shape index (κ3) is 2.52. The van der Waals surface area contributed by atoms with Gasteiger partial charge in [-0.3, -0.25) is 9.78 Å². The molecule has 0 saturated carbocycles. The van der Waals surface area contributed by atoms with Crippen LogP contribution in [0.4, 0.5) is 5.82 Å². The van der Waals surface area contributed by atoms with E-state index < -0.39 is 0 Å². The van der Waals surface area contributed by atoms with Crippen LogP contribution in [0.5, 0.6) is 0 Å². The van der Waals surface area contributed by atoms with Gasteiger partial charge in [-0.25, -0.2) is 9.97 Å².